The maximum atomic E-state index is 5.97. The molecule has 25 heavy (non-hydrogen) atoms. The lowest BCUT2D eigenvalue weighted by atomic mass is 9.75. The van der Waals surface area contributed by atoms with Crippen LogP contribution in [0.4, 0.5) is 0 Å². The van der Waals surface area contributed by atoms with Crippen LogP contribution in [0, 0.1) is 11.8 Å². The van der Waals surface area contributed by atoms with E-state index in [2.05, 4.69) is 63.6 Å². The molecule has 3 N–H and O–H groups in total. The van der Waals surface area contributed by atoms with Gasteiger partial charge in [0.15, 0.2) is 0 Å². The van der Waals surface area contributed by atoms with Crippen LogP contribution in [0.2, 0.25) is 0 Å². The molecule has 0 unspecified atom stereocenters. The molecule has 0 amide bonds. The van der Waals surface area contributed by atoms with E-state index in [1.807, 2.05) is 0 Å². The van der Waals surface area contributed by atoms with E-state index in [-0.39, 0.29) is 5.60 Å². The highest BCUT2D eigenvalue weighted by atomic mass is 16.5. The normalized spacial score (nSPS) is 21.4. The van der Waals surface area contributed by atoms with Gasteiger partial charge in [-0.25, -0.2) is 0 Å². The van der Waals surface area contributed by atoms with E-state index in [1.54, 1.807) is 4.90 Å². The molecule has 1 fully saturated rings. The van der Waals surface area contributed by atoms with Crippen LogP contribution in [0.25, 0.3) is 0 Å². The van der Waals surface area contributed by atoms with Gasteiger partial charge in [-0.2, -0.15) is 0 Å². The summed E-state index contributed by atoms with van der Waals surface area (Å²) in [5, 5.41) is 2.53. The molecule has 0 radical (unpaired) electrons. The average molecular weight is 349 g/mol. The number of nitrogens with two attached hydrogens (primary N) is 1. The molecule has 1 aliphatic rings. The van der Waals surface area contributed by atoms with E-state index in [0.29, 0.717) is 0 Å². The van der Waals surface area contributed by atoms with Gasteiger partial charge in [-0.1, -0.05) is 30.3 Å². The third-order valence-electron chi connectivity index (χ3n) is 5.57. The molecule has 1 saturated heterocycles. The molecule has 0 spiro atoms. The van der Waals surface area contributed by atoms with E-state index < -0.39 is 0 Å². The Kier molecular flexibility index (Phi) is 8.41. The van der Waals surface area contributed by atoms with Crippen molar-refractivity contribution >= 4 is 0 Å². The zero-order chi connectivity index (χ0) is 18.1. The van der Waals surface area contributed by atoms with Crippen LogP contribution in [0.1, 0.15) is 45.1 Å². The maximum Gasteiger partial charge on any atom is 0.0821 e. The Hall–Kier alpha value is -0.900. The highest BCUT2D eigenvalue weighted by Crippen LogP contribution is 2.36. The lowest BCUT2D eigenvalue weighted by molar-refractivity contribution is -0.860. The monoisotopic (exact) mass is 348 g/mol. The molecule has 2 atom stereocenters. The van der Waals surface area contributed by atoms with Gasteiger partial charge in [-0.05, 0) is 56.9 Å². The van der Waals surface area contributed by atoms with Crippen LogP contribution in [0.3, 0.4) is 0 Å². The smallest absolute Gasteiger partial charge is 0.0821 e. The van der Waals surface area contributed by atoms with Gasteiger partial charge in [0, 0.05) is 13.0 Å². The quantitative estimate of drug-likeness (QED) is 0.617. The molecular formula is C22H40N2O+2. The second-order valence-corrected chi connectivity index (χ2v) is 8.78. The zero-order valence-corrected chi connectivity index (χ0v) is 16.9. The summed E-state index contributed by atoms with van der Waals surface area (Å²) in [7, 11) is 4.48. The van der Waals surface area contributed by atoms with Gasteiger partial charge >= 0.3 is 0 Å². The first-order valence-corrected chi connectivity index (χ1v) is 10.2. The summed E-state index contributed by atoms with van der Waals surface area (Å²) in [6.45, 7) is 9.25. The van der Waals surface area contributed by atoms with Gasteiger partial charge in [0.1, 0.15) is 0 Å². The fourth-order valence-electron chi connectivity index (χ4n) is 4.18. The lowest BCUT2D eigenvalue weighted by Crippen LogP contribution is -3.06. The number of quaternary nitrogens is 2. The number of hydrogen-bond donors (Lipinski definition) is 2. The van der Waals surface area contributed by atoms with E-state index in [9.17, 15) is 0 Å². The Labute approximate surface area is 155 Å². The summed E-state index contributed by atoms with van der Waals surface area (Å²) < 4.78 is 5.97. The van der Waals surface area contributed by atoms with Gasteiger partial charge in [0.05, 0.1) is 39.3 Å². The number of rotatable bonds is 10. The molecule has 3 nitrogen and oxygen atoms in total. The SMILES string of the molecule is C[NH+](C)CCC[NH2+]CC[C@H](Cc1ccccc1)[C@H]1CCOC(C)(C)C1. The number of ether oxygens (including phenoxy) is 1. The Morgan fingerprint density at radius 3 is 2.64 bits per heavy atom. The zero-order valence-electron chi connectivity index (χ0n) is 16.9. The van der Waals surface area contributed by atoms with Crippen molar-refractivity contribution in [2.24, 2.45) is 11.8 Å². The van der Waals surface area contributed by atoms with Gasteiger partial charge in [0.25, 0.3) is 0 Å². The summed E-state index contributed by atoms with van der Waals surface area (Å²) in [6.07, 6.45) is 6.29. The van der Waals surface area contributed by atoms with E-state index >= 15 is 0 Å². The van der Waals surface area contributed by atoms with Gasteiger partial charge in [0.2, 0.25) is 0 Å². The van der Waals surface area contributed by atoms with Crippen molar-refractivity contribution in [2.75, 3.05) is 40.3 Å². The van der Waals surface area contributed by atoms with Crippen LogP contribution in [-0.4, -0.2) is 45.9 Å². The Morgan fingerprint density at radius 1 is 1.20 bits per heavy atom. The average Bonchev–Trinajstić information content (AvgIpc) is 2.56. The molecule has 0 saturated carbocycles. The first kappa shape index (κ1) is 20.4. The van der Waals surface area contributed by atoms with Crippen molar-refractivity contribution in [1.29, 1.82) is 0 Å². The third-order valence-corrected chi connectivity index (χ3v) is 5.57. The van der Waals surface area contributed by atoms with Crippen molar-refractivity contribution < 1.29 is 15.0 Å². The Bertz CT molecular complexity index is 472. The van der Waals surface area contributed by atoms with Crippen LogP contribution in [-0.2, 0) is 11.2 Å². The summed E-state index contributed by atoms with van der Waals surface area (Å²) >= 11 is 0. The van der Waals surface area contributed by atoms with Crippen molar-refractivity contribution in [1.82, 2.24) is 0 Å². The number of nitrogens with one attached hydrogen (secondary N) is 1. The molecule has 2 rings (SSSR count). The van der Waals surface area contributed by atoms with E-state index in [4.69, 9.17) is 4.74 Å². The van der Waals surface area contributed by atoms with E-state index in [1.165, 1.54) is 57.3 Å². The summed E-state index contributed by atoms with van der Waals surface area (Å²) in [5.41, 5.74) is 1.55. The predicted octanol–water partition coefficient (Wildman–Crippen LogP) is 1.54. The maximum absolute atomic E-state index is 5.97. The molecule has 1 heterocycles. The molecule has 0 bridgehead atoms. The number of benzene rings is 1. The van der Waals surface area contributed by atoms with Gasteiger partial charge < -0.3 is 15.0 Å². The topological polar surface area (TPSA) is 30.3 Å². The van der Waals surface area contributed by atoms with Crippen LogP contribution >= 0.6 is 0 Å². The fourth-order valence-corrected chi connectivity index (χ4v) is 4.18. The molecule has 3 heteroatoms. The second kappa shape index (κ2) is 10.3. The predicted molar refractivity (Wildman–Crippen MR) is 105 cm³/mol. The minimum atomic E-state index is 0.0516. The molecule has 1 aliphatic heterocycles. The summed E-state index contributed by atoms with van der Waals surface area (Å²) in [6, 6.07) is 11.1. The Balaban J connectivity index is 1.86. The first-order chi connectivity index (χ1) is 12.0. The highest BCUT2D eigenvalue weighted by molar-refractivity contribution is 5.15. The summed E-state index contributed by atoms with van der Waals surface area (Å²) in [4.78, 5) is 1.56. The minimum Gasteiger partial charge on any atom is -0.376 e. The standard InChI is InChI=1S/C22H38N2O/c1-22(2)18-21(12-16-25-22)20(17-19-9-6-5-7-10-19)11-14-23-13-8-15-24(3)4/h5-7,9-10,20-21,23H,8,11-18H2,1-4H3/p+2/t20-,21+/m1/s1. The lowest BCUT2D eigenvalue weighted by Gasteiger charge is -2.39. The fraction of sp³-hybridized carbons (Fsp3) is 0.727. The van der Waals surface area contributed by atoms with Crippen LogP contribution < -0.4 is 10.2 Å². The molecule has 142 valence electrons. The van der Waals surface area contributed by atoms with Crippen molar-refractivity contribution in [3.63, 3.8) is 0 Å². The molecule has 0 aliphatic carbocycles. The van der Waals surface area contributed by atoms with Gasteiger partial charge in [-0.15, -0.1) is 0 Å². The van der Waals surface area contributed by atoms with Crippen LogP contribution in [0.15, 0.2) is 30.3 Å². The van der Waals surface area contributed by atoms with Gasteiger partial charge in [-0.3, -0.25) is 0 Å². The van der Waals surface area contributed by atoms with E-state index in [0.717, 1.165) is 18.4 Å². The van der Waals surface area contributed by atoms with Crippen molar-refractivity contribution in [3.8, 4) is 0 Å². The number of hydrogen-bond acceptors (Lipinski definition) is 1. The molecule has 1 aromatic carbocycles. The second-order valence-electron chi connectivity index (χ2n) is 8.78. The minimum absolute atomic E-state index is 0.0516. The largest absolute Gasteiger partial charge is 0.376 e. The molecule has 0 aromatic heterocycles. The first-order valence-electron chi connectivity index (χ1n) is 10.2. The Morgan fingerprint density at radius 2 is 1.96 bits per heavy atom. The summed E-state index contributed by atoms with van der Waals surface area (Å²) in [5.74, 6) is 1.57. The van der Waals surface area contributed by atoms with Crippen molar-refractivity contribution in [2.45, 2.75) is 51.6 Å². The molecular weight excluding hydrogens is 308 g/mol. The van der Waals surface area contributed by atoms with Crippen molar-refractivity contribution in [3.05, 3.63) is 35.9 Å². The highest BCUT2D eigenvalue weighted by Gasteiger charge is 2.33. The van der Waals surface area contributed by atoms with Crippen LogP contribution in [0.5, 0.6) is 0 Å². The molecule has 1 aromatic rings. The third kappa shape index (κ3) is 7.89.